The number of ether oxygens (including phenoxy) is 2. The van der Waals surface area contributed by atoms with Crippen LogP contribution in [0.1, 0.15) is 42.9 Å². The minimum absolute atomic E-state index is 0.0713. The molecular formula is C15H22N2O2. The third-order valence-electron chi connectivity index (χ3n) is 4.44. The van der Waals surface area contributed by atoms with E-state index in [0.717, 1.165) is 37.2 Å². The van der Waals surface area contributed by atoms with Gasteiger partial charge in [0.15, 0.2) is 11.5 Å². The number of rotatable bonds is 2. The van der Waals surface area contributed by atoms with Crippen molar-refractivity contribution in [1.29, 1.82) is 0 Å². The van der Waals surface area contributed by atoms with E-state index in [1.165, 1.54) is 11.1 Å². The van der Waals surface area contributed by atoms with Crippen molar-refractivity contribution < 1.29 is 9.47 Å². The summed E-state index contributed by atoms with van der Waals surface area (Å²) in [6.45, 7) is 2.40. The molecule has 4 N–H and O–H groups in total. The molecule has 0 bridgehead atoms. The largest absolute Gasteiger partial charge is 0.454 e. The molecule has 1 fully saturated rings. The van der Waals surface area contributed by atoms with Gasteiger partial charge in [-0.2, -0.15) is 0 Å². The van der Waals surface area contributed by atoms with Crippen LogP contribution in [0.4, 0.5) is 0 Å². The lowest BCUT2D eigenvalue weighted by atomic mass is 9.79. The molecule has 1 heterocycles. The number of aryl methyl sites for hydroxylation is 1. The van der Waals surface area contributed by atoms with Crippen LogP contribution in [-0.2, 0) is 0 Å². The molecule has 1 aliphatic heterocycles. The van der Waals surface area contributed by atoms with E-state index in [4.69, 9.17) is 20.9 Å². The van der Waals surface area contributed by atoms with Crippen LogP contribution in [0.5, 0.6) is 11.5 Å². The zero-order valence-electron chi connectivity index (χ0n) is 11.4. The van der Waals surface area contributed by atoms with Crippen molar-refractivity contribution >= 4 is 0 Å². The summed E-state index contributed by atoms with van der Waals surface area (Å²) in [6, 6.07) is 4.52. The molecule has 1 atom stereocenters. The molecule has 4 heteroatoms. The molecule has 3 rings (SSSR count). The van der Waals surface area contributed by atoms with Gasteiger partial charge in [0.05, 0.1) is 0 Å². The van der Waals surface area contributed by atoms with Crippen molar-refractivity contribution in [2.45, 2.75) is 44.7 Å². The number of hydrogen-bond donors (Lipinski definition) is 2. The SMILES string of the molecule is Cc1cc2c(cc1C(N)C1CCC(N)CC1)OCO2. The van der Waals surface area contributed by atoms with Gasteiger partial charge in [-0.1, -0.05) is 0 Å². The first kappa shape index (κ1) is 12.8. The number of hydrogen-bond acceptors (Lipinski definition) is 4. The molecule has 1 aliphatic carbocycles. The molecule has 4 nitrogen and oxygen atoms in total. The van der Waals surface area contributed by atoms with E-state index < -0.39 is 0 Å². The molecule has 0 saturated heterocycles. The lowest BCUT2D eigenvalue weighted by Crippen LogP contribution is -2.32. The van der Waals surface area contributed by atoms with Crippen molar-refractivity contribution in [1.82, 2.24) is 0 Å². The summed E-state index contributed by atoms with van der Waals surface area (Å²) in [5.41, 5.74) is 14.8. The molecule has 0 aromatic heterocycles. The van der Waals surface area contributed by atoms with Crippen molar-refractivity contribution in [3.8, 4) is 11.5 Å². The first-order valence-electron chi connectivity index (χ1n) is 7.06. The van der Waals surface area contributed by atoms with E-state index in [0.29, 0.717) is 18.8 Å². The highest BCUT2D eigenvalue weighted by atomic mass is 16.7. The van der Waals surface area contributed by atoms with Gasteiger partial charge < -0.3 is 20.9 Å². The van der Waals surface area contributed by atoms with Gasteiger partial charge in [-0.15, -0.1) is 0 Å². The minimum Gasteiger partial charge on any atom is -0.454 e. The normalized spacial score (nSPS) is 27.3. The quantitative estimate of drug-likeness (QED) is 0.857. The fourth-order valence-electron chi connectivity index (χ4n) is 3.18. The van der Waals surface area contributed by atoms with Crippen LogP contribution < -0.4 is 20.9 Å². The van der Waals surface area contributed by atoms with Crippen LogP contribution in [0.25, 0.3) is 0 Å². The highest BCUT2D eigenvalue weighted by Crippen LogP contribution is 2.40. The zero-order valence-corrected chi connectivity index (χ0v) is 11.4. The highest BCUT2D eigenvalue weighted by molar-refractivity contribution is 5.49. The van der Waals surface area contributed by atoms with E-state index in [9.17, 15) is 0 Å². The Hall–Kier alpha value is -1.26. The summed E-state index contributed by atoms with van der Waals surface area (Å²) in [7, 11) is 0. The smallest absolute Gasteiger partial charge is 0.231 e. The van der Waals surface area contributed by atoms with Gasteiger partial charge in [-0.3, -0.25) is 0 Å². The van der Waals surface area contributed by atoms with Crippen LogP contribution in [0.15, 0.2) is 12.1 Å². The van der Waals surface area contributed by atoms with Crippen LogP contribution >= 0.6 is 0 Å². The van der Waals surface area contributed by atoms with E-state index in [1.54, 1.807) is 0 Å². The number of benzene rings is 1. The molecule has 0 amide bonds. The van der Waals surface area contributed by atoms with E-state index in [2.05, 4.69) is 13.0 Å². The Morgan fingerprint density at radius 1 is 1.11 bits per heavy atom. The maximum Gasteiger partial charge on any atom is 0.231 e. The van der Waals surface area contributed by atoms with Crippen molar-refractivity contribution in [2.24, 2.45) is 17.4 Å². The third-order valence-corrected chi connectivity index (χ3v) is 4.44. The summed E-state index contributed by atoms with van der Waals surface area (Å²) in [6.07, 6.45) is 4.41. The lowest BCUT2D eigenvalue weighted by molar-refractivity contribution is 0.174. The monoisotopic (exact) mass is 262 g/mol. The van der Waals surface area contributed by atoms with Crippen LogP contribution in [-0.4, -0.2) is 12.8 Å². The van der Waals surface area contributed by atoms with Gasteiger partial charge in [0.25, 0.3) is 0 Å². The fraction of sp³-hybridized carbons (Fsp3) is 0.600. The molecule has 1 saturated carbocycles. The topological polar surface area (TPSA) is 70.5 Å². The minimum atomic E-state index is 0.0713. The standard InChI is InChI=1S/C15H22N2O2/c1-9-6-13-14(19-8-18-13)7-12(9)15(17)10-2-4-11(16)5-3-10/h6-7,10-11,15H,2-5,8,16-17H2,1H3. The van der Waals surface area contributed by atoms with E-state index in [-0.39, 0.29) is 6.04 Å². The zero-order chi connectivity index (χ0) is 13.4. The van der Waals surface area contributed by atoms with Crippen LogP contribution in [0.3, 0.4) is 0 Å². The van der Waals surface area contributed by atoms with Gasteiger partial charge in [-0.25, -0.2) is 0 Å². The molecule has 1 unspecified atom stereocenters. The molecule has 1 aromatic carbocycles. The van der Waals surface area contributed by atoms with Crippen molar-refractivity contribution in [3.63, 3.8) is 0 Å². The molecule has 2 aliphatic rings. The average molecular weight is 262 g/mol. The second kappa shape index (κ2) is 5.02. The van der Waals surface area contributed by atoms with Gasteiger partial charge in [0.2, 0.25) is 6.79 Å². The summed E-state index contributed by atoms with van der Waals surface area (Å²) in [5.74, 6) is 2.18. The summed E-state index contributed by atoms with van der Waals surface area (Å²) < 4.78 is 10.8. The average Bonchev–Trinajstić information content (AvgIpc) is 2.85. The Balaban J connectivity index is 1.81. The predicted molar refractivity (Wildman–Crippen MR) is 74.2 cm³/mol. The van der Waals surface area contributed by atoms with Gasteiger partial charge in [-0.05, 0) is 61.8 Å². The Kier molecular flexibility index (Phi) is 3.37. The number of nitrogens with two attached hydrogens (primary N) is 2. The summed E-state index contributed by atoms with van der Waals surface area (Å²) >= 11 is 0. The molecule has 0 spiro atoms. The first-order valence-corrected chi connectivity index (χ1v) is 7.06. The van der Waals surface area contributed by atoms with E-state index in [1.807, 2.05) is 6.07 Å². The molecule has 104 valence electrons. The van der Waals surface area contributed by atoms with Crippen LogP contribution in [0, 0.1) is 12.8 Å². The highest BCUT2D eigenvalue weighted by Gasteiger charge is 2.27. The maximum absolute atomic E-state index is 6.47. The number of fused-ring (bicyclic) bond motifs is 1. The summed E-state index contributed by atoms with van der Waals surface area (Å²) in [4.78, 5) is 0. The van der Waals surface area contributed by atoms with Gasteiger partial charge in [0.1, 0.15) is 0 Å². The second-order valence-corrected chi connectivity index (χ2v) is 5.76. The lowest BCUT2D eigenvalue weighted by Gasteiger charge is -2.31. The third kappa shape index (κ3) is 2.42. The summed E-state index contributed by atoms with van der Waals surface area (Å²) in [5, 5.41) is 0. The molecule has 19 heavy (non-hydrogen) atoms. The predicted octanol–water partition coefficient (Wildman–Crippen LogP) is 2.24. The molecular weight excluding hydrogens is 240 g/mol. The Bertz CT molecular complexity index is 467. The Morgan fingerprint density at radius 3 is 2.42 bits per heavy atom. The maximum atomic E-state index is 6.47. The van der Waals surface area contributed by atoms with Gasteiger partial charge in [0, 0.05) is 12.1 Å². The van der Waals surface area contributed by atoms with Crippen molar-refractivity contribution in [2.75, 3.05) is 6.79 Å². The molecule has 0 radical (unpaired) electrons. The second-order valence-electron chi connectivity index (χ2n) is 5.76. The Morgan fingerprint density at radius 2 is 1.74 bits per heavy atom. The van der Waals surface area contributed by atoms with Crippen molar-refractivity contribution in [3.05, 3.63) is 23.3 Å². The first-order chi connectivity index (χ1) is 9.15. The van der Waals surface area contributed by atoms with Gasteiger partial charge >= 0.3 is 0 Å². The van der Waals surface area contributed by atoms with E-state index >= 15 is 0 Å². The Labute approximate surface area is 114 Å². The van der Waals surface area contributed by atoms with Crippen LogP contribution in [0.2, 0.25) is 0 Å². The molecule has 1 aromatic rings. The fourth-order valence-corrected chi connectivity index (χ4v) is 3.18.